The Morgan fingerprint density at radius 1 is 1.07 bits per heavy atom. The van der Waals surface area contributed by atoms with Crippen molar-refractivity contribution in [1.82, 2.24) is 25.0 Å². The fraction of sp³-hybridized carbons (Fsp3) is 0.158. The number of fused-ring (bicyclic) bond motifs is 1. The van der Waals surface area contributed by atoms with Crippen LogP contribution in [0, 0.1) is 0 Å². The minimum Gasteiger partial charge on any atom is -0.423 e. The molecule has 0 atom stereocenters. The lowest BCUT2D eigenvalue weighted by Gasteiger charge is -2.11. The van der Waals surface area contributed by atoms with Crippen LogP contribution in [-0.4, -0.2) is 42.1 Å². The molecule has 0 radical (unpaired) electrons. The van der Waals surface area contributed by atoms with Gasteiger partial charge in [-0.2, -0.15) is 14.8 Å². The summed E-state index contributed by atoms with van der Waals surface area (Å²) in [5.74, 6) is 1.02. The number of anilines is 1. The first-order valence-corrected chi connectivity index (χ1v) is 9.01. The Balaban J connectivity index is 1.63. The maximum absolute atomic E-state index is 9.34. The zero-order valence-corrected chi connectivity index (χ0v) is 15.3. The highest BCUT2D eigenvalue weighted by Crippen LogP contribution is 2.18. The SMILES string of the molecule is CCc1nnc(-n2ncc3ccccc32)nc1NCc1cccc(B(O)O)c1. The van der Waals surface area contributed by atoms with E-state index in [2.05, 4.69) is 25.6 Å². The molecule has 2 heterocycles. The molecule has 0 unspecified atom stereocenters. The molecule has 0 aliphatic heterocycles. The van der Waals surface area contributed by atoms with Crippen LogP contribution >= 0.6 is 0 Å². The second kappa shape index (κ2) is 7.75. The monoisotopic (exact) mass is 374 g/mol. The van der Waals surface area contributed by atoms with E-state index >= 15 is 0 Å². The Morgan fingerprint density at radius 2 is 1.93 bits per heavy atom. The molecule has 9 heteroatoms. The molecule has 3 N–H and O–H groups in total. The van der Waals surface area contributed by atoms with Crippen molar-refractivity contribution >= 4 is 29.3 Å². The van der Waals surface area contributed by atoms with Crippen molar-refractivity contribution in [3.8, 4) is 5.95 Å². The topological polar surface area (TPSA) is 109 Å². The lowest BCUT2D eigenvalue weighted by molar-refractivity contribution is 0.425. The van der Waals surface area contributed by atoms with E-state index in [0.29, 0.717) is 30.2 Å². The fourth-order valence-electron chi connectivity index (χ4n) is 2.99. The van der Waals surface area contributed by atoms with E-state index in [4.69, 9.17) is 0 Å². The van der Waals surface area contributed by atoms with Crippen LogP contribution in [0.1, 0.15) is 18.2 Å². The minimum atomic E-state index is -1.49. The Morgan fingerprint density at radius 3 is 2.75 bits per heavy atom. The Bertz CT molecular complexity index is 1110. The number of benzene rings is 2. The fourth-order valence-corrected chi connectivity index (χ4v) is 2.99. The molecule has 0 fully saturated rings. The summed E-state index contributed by atoms with van der Waals surface area (Å²) < 4.78 is 1.66. The van der Waals surface area contributed by atoms with Gasteiger partial charge in [-0.3, -0.25) is 0 Å². The third-order valence-corrected chi connectivity index (χ3v) is 4.46. The first-order chi connectivity index (χ1) is 13.7. The highest BCUT2D eigenvalue weighted by molar-refractivity contribution is 6.58. The van der Waals surface area contributed by atoms with Gasteiger partial charge in [0.25, 0.3) is 5.95 Å². The number of aryl methyl sites for hydroxylation is 1. The lowest BCUT2D eigenvalue weighted by atomic mass is 9.80. The number of rotatable bonds is 6. The maximum atomic E-state index is 9.34. The standard InChI is InChI=1S/C19H19BN6O2/c1-2-16-18(21-11-13-6-5-8-15(10-13)20(27)28)23-19(25-24-16)26-17-9-4-3-7-14(17)12-22-26/h3-10,12,27-28H,2,11H2,1H3,(H,21,23,25). The molecule has 0 saturated carbocycles. The van der Waals surface area contributed by atoms with Gasteiger partial charge in [0.15, 0.2) is 5.82 Å². The smallest absolute Gasteiger partial charge is 0.423 e. The average molecular weight is 374 g/mol. The van der Waals surface area contributed by atoms with Gasteiger partial charge >= 0.3 is 7.12 Å². The van der Waals surface area contributed by atoms with Crippen molar-refractivity contribution in [2.75, 3.05) is 5.32 Å². The summed E-state index contributed by atoms with van der Waals surface area (Å²) in [5, 5.41) is 35.9. The highest BCUT2D eigenvalue weighted by atomic mass is 16.4. The van der Waals surface area contributed by atoms with Crippen LogP contribution in [0.2, 0.25) is 0 Å². The van der Waals surface area contributed by atoms with E-state index < -0.39 is 7.12 Å². The van der Waals surface area contributed by atoms with Gasteiger partial charge < -0.3 is 15.4 Å². The van der Waals surface area contributed by atoms with Crippen molar-refractivity contribution in [1.29, 1.82) is 0 Å². The van der Waals surface area contributed by atoms with Crippen molar-refractivity contribution in [3.63, 3.8) is 0 Å². The summed E-state index contributed by atoms with van der Waals surface area (Å²) in [6.07, 6.45) is 2.45. The van der Waals surface area contributed by atoms with Crippen molar-refractivity contribution in [2.45, 2.75) is 19.9 Å². The summed E-state index contributed by atoms with van der Waals surface area (Å²) in [5.41, 5.74) is 3.00. The first kappa shape index (κ1) is 18.1. The van der Waals surface area contributed by atoms with Gasteiger partial charge in [-0.1, -0.05) is 49.4 Å². The molecule has 2 aromatic carbocycles. The third-order valence-electron chi connectivity index (χ3n) is 4.46. The number of nitrogens with zero attached hydrogens (tertiary/aromatic N) is 5. The van der Waals surface area contributed by atoms with E-state index in [9.17, 15) is 10.0 Å². The van der Waals surface area contributed by atoms with Gasteiger partial charge in [-0.05, 0) is 23.5 Å². The normalized spacial score (nSPS) is 11.0. The number of para-hydroxylation sites is 1. The molecule has 0 aliphatic rings. The Kier molecular flexibility index (Phi) is 5.01. The summed E-state index contributed by atoms with van der Waals surface area (Å²) >= 11 is 0. The summed E-state index contributed by atoms with van der Waals surface area (Å²) in [6, 6.07) is 14.9. The quantitative estimate of drug-likeness (QED) is 0.433. The molecular weight excluding hydrogens is 355 g/mol. The molecule has 8 nitrogen and oxygen atoms in total. The second-order valence-corrected chi connectivity index (χ2v) is 6.35. The molecule has 0 aliphatic carbocycles. The zero-order valence-electron chi connectivity index (χ0n) is 15.3. The minimum absolute atomic E-state index is 0.389. The Hall–Kier alpha value is -3.30. The lowest BCUT2D eigenvalue weighted by Crippen LogP contribution is -2.30. The molecule has 4 rings (SSSR count). The van der Waals surface area contributed by atoms with E-state index in [1.54, 1.807) is 29.1 Å². The average Bonchev–Trinajstić information content (AvgIpc) is 3.16. The predicted molar refractivity (Wildman–Crippen MR) is 107 cm³/mol. The Labute approximate surface area is 162 Å². The third kappa shape index (κ3) is 3.57. The van der Waals surface area contributed by atoms with Gasteiger partial charge in [-0.15, -0.1) is 10.2 Å². The number of aromatic nitrogens is 5. The van der Waals surface area contributed by atoms with E-state index in [1.165, 1.54) is 0 Å². The van der Waals surface area contributed by atoms with Crippen LogP contribution in [0.15, 0.2) is 54.7 Å². The molecule has 0 spiro atoms. The zero-order chi connectivity index (χ0) is 19.5. The number of nitrogens with one attached hydrogen (secondary N) is 1. The molecule has 0 saturated heterocycles. The van der Waals surface area contributed by atoms with Crippen LogP contribution < -0.4 is 10.8 Å². The maximum Gasteiger partial charge on any atom is 0.488 e. The van der Waals surface area contributed by atoms with Crippen LogP contribution in [-0.2, 0) is 13.0 Å². The molecule has 4 aromatic rings. The summed E-state index contributed by atoms with van der Waals surface area (Å²) in [7, 11) is -1.49. The van der Waals surface area contributed by atoms with Crippen molar-refractivity contribution in [2.24, 2.45) is 0 Å². The van der Waals surface area contributed by atoms with Gasteiger partial charge in [0.05, 0.1) is 11.7 Å². The largest absolute Gasteiger partial charge is 0.488 e. The molecule has 140 valence electrons. The van der Waals surface area contributed by atoms with Crippen molar-refractivity contribution in [3.05, 3.63) is 66.0 Å². The van der Waals surface area contributed by atoms with Crippen LogP contribution in [0.3, 0.4) is 0 Å². The highest BCUT2D eigenvalue weighted by Gasteiger charge is 2.13. The molecule has 2 aromatic heterocycles. The first-order valence-electron chi connectivity index (χ1n) is 9.01. The molecule has 0 bridgehead atoms. The summed E-state index contributed by atoms with van der Waals surface area (Å²) in [4.78, 5) is 4.63. The van der Waals surface area contributed by atoms with E-state index in [1.807, 2.05) is 37.3 Å². The van der Waals surface area contributed by atoms with Crippen molar-refractivity contribution < 1.29 is 10.0 Å². The van der Waals surface area contributed by atoms with E-state index in [-0.39, 0.29) is 0 Å². The molecule has 28 heavy (non-hydrogen) atoms. The van der Waals surface area contributed by atoms with Crippen LogP contribution in [0.5, 0.6) is 0 Å². The van der Waals surface area contributed by atoms with Crippen LogP contribution in [0.25, 0.3) is 16.9 Å². The summed E-state index contributed by atoms with van der Waals surface area (Å²) in [6.45, 7) is 2.45. The van der Waals surface area contributed by atoms with Gasteiger partial charge in [0.2, 0.25) is 0 Å². The van der Waals surface area contributed by atoms with Gasteiger partial charge in [0.1, 0.15) is 5.69 Å². The number of hydrogen-bond donors (Lipinski definition) is 3. The molecule has 0 amide bonds. The number of hydrogen-bond acceptors (Lipinski definition) is 7. The molecular formula is C19H19BN6O2. The second-order valence-electron chi connectivity index (χ2n) is 6.35. The van der Waals surface area contributed by atoms with E-state index in [0.717, 1.165) is 22.2 Å². The van der Waals surface area contributed by atoms with Crippen LogP contribution in [0.4, 0.5) is 5.82 Å². The van der Waals surface area contributed by atoms with Gasteiger partial charge in [0, 0.05) is 11.9 Å². The predicted octanol–water partition coefficient (Wildman–Crippen LogP) is 1.06. The van der Waals surface area contributed by atoms with Gasteiger partial charge in [-0.25, -0.2) is 0 Å².